The number of guanidine groups is 1. The average Bonchev–Trinajstić information content (AvgIpc) is 3.52. The van der Waals surface area contributed by atoms with Crippen LogP contribution in [0.1, 0.15) is 31.2 Å². The van der Waals surface area contributed by atoms with E-state index in [0.717, 1.165) is 44.2 Å². The van der Waals surface area contributed by atoms with Crippen LogP contribution in [0.25, 0.3) is 0 Å². The van der Waals surface area contributed by atoms with E-state index in [2.05, 4.69) is 45.5 Å². The Bertz CT molecular complexity index is 748. The highest BCUT2D eigenvalue weighted by Crippen LogP contribution is 2.47. The van der Waals surface area contributed by atoms with Crippen molar-refractivity contribution in [1.82, 2.24) is 10.2 Å². The summed E-state index contributed by atoms with van der Waals surface area (Å²) in [6, 6.07) is 21.0. The fraction of sp³-hybridized carbons (Fsp3) is 0.435. The summed E-state index contributed by atoms with van der Waals surface area (Å²) < 4.78 is 6.11. The zero-order chi connectivity index (χ0) is 18.5. The number of para-hydroxylation sites is 1. The summed E-state index contributed by atoms with van der Waals surface area (Å²) in [7, 11) is 1.89. The molecule has 0 amide bonds. The maximum Gasteiger partial charge on any atom is 0.193 e. The van der Waals surface area contributed by atoms with Crippen LogP contribution in [-0.4, -0.2) is 43.6 Å². The Hall–Kier alpha value is -2.49. The Kier molecular flexibility index (Phi) is 5.33. The summed E-state index contributed by atoms with van der Waals surface area (Å²) in [6.45, 7) is 2.93. The lowest BCUT2D eigenvalue weighted by atomic mass is 9.96. The summed E-state index contributed by atoms with van der Waals surface area (Å²) >= 11 is 0. The highest BCUT2D eigenvalue weighted by Gasteiger charge is 2.44. The first-order valence-electron chi connectivity index (χ1n) is 10.0. The van der Waals surface area contributed by atoms with E-state index in [9.17, 15) is 0 Å². The first-order chi connectivity index (χ1) is 13.3. The maximum atomic E-state index is 6.11. The van der Waals surface area contributed by atoms with Crippen molar-refractivity contribution in [2.24, 2.45) is 4.99 Å². The predicted octanol–water partition coefficient (Wildman–Crippen LogP) is 3.84. The molecule has 0 unspecified atom stereocenters. The van der Waals surface area contributed by atoms with Gasteiger partial charge < -0.3 is 15.0 Å². The minimum absolute atomic E-state index is 0.292. The van der Waals surface area contributed by atoms with Gasteiger partial charge in [-0.25, -0.2) is 0 Å². The summed E-state index contributed by atoms with van der Waals surface area (Å²) in [5.74, 6) is 1.99. The minimum Gasteiger partial charge on any atom is -0.490 e. The Morgan fingerprint density at radius 1 is 1.04 bits per heavy atom. The van der Waals surface area contributed by atoms with E-state index in [-0.39, 0.29) is 0 Å². The molecular weight excluding hydrogens is 334 g/mol. The van der Waals surface area contributed by atoms with Gasteiger partial charge >= 0.3 is 0 Å². The van der Waals surface area contributed by atoms with Crippen LogP contribution < -0.4 is 10.1 Å². The van der Waals surface area contributed by atoms with Crippen molar-refractivity contribution in [3.05, 3.63) is 66.2 Å². The van der Waals surface area contributed by atoms with Gasteiger partial charge in [-0.3, -0.25) is 4.99 Å². The second kappa shape index (κ2) is 8.03. The predicted molar refractivity (Wildman–Crippen MR) is 110 cm³/mol. The molecule has 2 aromatic rings. The Labute approximate surface area is 162 Å². The SMILES string of the molecule is CN=C(NCC1(c2ccccc2)CC1)N1CCC(Oc2ccccc2)CC1. The lowest BCUT2D eigenvalue weighted by molar-refractivity contribution is 0.129. The van der Waals surface area contributed by atoms with Crippen LogP contribution in [-0.2, 0) is 5.41 Å². The molecule has 1 saturated heterocycles. The van der Waals surface area contributed by atoms with Crippen LogP contribution in [0.15, 0.2) is 65.7 Å². The molecule has 2 aromatic carbocycles. The number of benzene rings is 2. The number of nitrogens with zero attached hydrogens (tertiary/aromatic N) is 2. The monoisotopic (exact) mass is 363 g/mol. The molecule has 1 N–H and O–H groups in total. The normalized spacial score (nSPS) is 19.6. The largest absolute Gasteiger partial charge is 0.490 e. The fourth-order valence-corrected chi connectivity index (χ4v) is 3.97. The third-order valence-electron chi connectivity index (χ3n) is 5.82. The van der Waals surface area contributed by atoms with Crippen LogP contribution in [0.5, 0.6) is 5.75 Å². The van der Waals surface area contributed by atoms with E-state index >= 15 is 0 Å². The first-order valence-corrected chi connectivity index (χ1v) is 10.0. The summed E-state index contributed by atoms with van der Waals surface area (Å²) in [5, 5.41) is 3.64. The number of nitrogens with one attached hydrogen (secondary N) is 1. The van der Waals surface area contributed by atoms with E-state index < -0.39 is 0 Å². The van der Waals surface area contributed by atoms with E-state index in [1.165, 1.54) is 18.4 Å². The van der Waals surface area contributed by atoms with E-state index in [0.29, 0.717) is 11.5 Å². The van der Waals surface area contributed by atoms with Crippen molar-refractivity contribution in [2.45, 2.75) is 37.2 Å². The van der Waals surface area contributed by atoms with Crippen molar-refractivity contribution in [3.63, 3.8) is 0 Å². The molecule has 142 valence electrons. The molecule has 27 heavy (non-hydrogen) atoms. The Morgan fingerprint density at radius 2 is 1.67 bits per heavy atom. The van der Waals surface area contributed by atoms with Gasteiger partial charge in [-0.15, -0.1) is 0 Å². The zero-order valence-corrected chi connectivity index (χ0v) is 16.1. The topological polar surface area (TPSA) is 36.9 Å². The third kappa shape index (κ3) is 4.26. The lowest BCUT2D eigenvalue weighted by Crippen LogP contribution is -2.49. The third-order valence-corrected chi connectivity index (χ3v) is 5.82. The maximum absolute atomic E-state index is 6.11. The molecule has 4 rings (SSSR count). The van der Waals surface area contributed by atoms with Gasteiger partial charge in [-0.05, 0) is 30.5 Å². The number of ether oxygens (including phenoxy) is 1. The molecular formula is C23H29N3O. The minimum atomic E-state index is 0.292. The number of rotatable bonds is 5. The molecule has 1 heterocycles. The van der Waals surface area contributed by atoms with Crippen molar-refractivity contribution in [3.8, 4) is 5.75 Å². The van der Waals surface area contributed by atoms with E-state index in [1.807, 2.05) is 37.4 Å². The number of hydrogen-bond donors (Lipinski definition) is 1. The molecule has 1 aliphatic heterocycles. The summed E-state index contributed by atoms with van der Waals surface area (Å²) in [5.41, 5.74) is 1.74. The quantitative estimate of drug-likeness (QED) is 0.648. The molecule has 0 atom stereocenters. The van der Waals surface area contributed by atoms with E-state index in [4.69, 9.17) is 4.74 Å². The molecule has 0 bridgehead atoms. The van der Waals surface area contributed by atoms with Crippen molar-refractivity contribution >= 4 is 5.96 Å². The highest BCUT2D eigenvalue weighted by atomic mass is 16.5. The van der Waals surface area contributed by atoms with Gasteiger partial charge in [0, 0.05) is 44.9 Å². The number of aliphatic imine (C=N–C) groups is 1. The number of hydrogen-bond acceptors (Lipinski definition) is 2. The highest BCUT2D eigenvalue weighted by molar-refractivity contribution is 5.80. The molecule has 0 radical (unpaired) electrons. The first kappa shape index (κ1) is 17.9. The molecule has 0 spiro atoms. The van der Waals surface area contributed by atoms with Gasteiger partial charge in [0.05, 0.1) is 0 Å². The fourth-order valence-electron chi connectivity index (χ4n) is 3.97. The van der Waals surface area contributed by atoms with Gasteiger partial charge in [-0.1, -0.05) is 48.5 Å². The number of piperidine rings is 1. The number of likely N-dealkylation sites (tertiary alicyclic amines) is 1. The Morgan fingerprint density at radius 3 is 2.26 bits per heavy atom. The molecule has 1 aliphatic carbocycles. The van der Waals surface area contributed by atoms with Gasteiger partial charge in [0.25, 0.3) is 0 Å². The molecule has 4 heteroatoms. The van der Waals surface area contributed by atoms with Crippen molar-refractivity contribution in [1.29, 1.82) is 0 Å². The van der Waals surface area contributed by atoms with Crippen LogP contribution in [0.3, 0.4) is 0 Å². The van der Waals surface area contributed by atoms with Crippen LogP contribution in [0.2, 0.25) is 0 Å². The van der Waals surface area contributed by atoms with Gasteiger partial charge in [-0.2, -0.15) is 0 Å². The molecule has 2 fully saturated rings. The molecule has 0 aromatic heterocycles. The second-order valence-electron chi connectivity index (χ2n) is 7.66. The molecule has 4 nitrogen and oxygen atoms in total. The summed E-state index contributed by atoms with van der Waals surface area (Å²) in [4.78, 5) is 6.90. The second-order valence-corrected chi connectivity index (χ2v) is 7.66. The summed E-state index contributed by atoms with van der Waals surface area (Å²) in [6.07, 6.45) is 4.86. The standard InChI is InChI=1S/C23H29N3O/c1-24-22(25-18-23(14-15-23)19-8-4-2-5-9-19)26-16-12-21(13-17-26)27-20-10-6-3-7-11-20/h2-11,21H,12-18H2,1H3,(H,24,25). The zero-order valence-electron chi connectivity index (χ0n) is 16.1. The molecule has 1 saturated carbocycles. The van der Waals surface area contributed by atoms with Crippen LogP contribution >= 0.6 is 0 Å². The molecule has 2 aliphatic rings. The van der Waals surface area contributed by atoms with Gasteiger partial charge in [0.2, 0.25) is 0 Å². The van der Waals surface area contributed by atoms with Crippen LogP contribution in [0, 0.1) is 0 Å². The lowest BCUT2D eigenvalue weighted by Gasteiger charge is -2.35. The average molecular weight is 364 g/mol. The Balaban J connectivity index is 1.28. The van der Waals surface area contributed by atoms with Gasteiger partial charge in [0.1, 0.15) is 11.9 Å². The smallest absolute Gasteiger partial charge is 0.193 e. The van der Waals surface area contributed by atoms with Crippen LogP contribution in [0.4, 0.5) is 0 Å². The van der Waals surface area contributed by atoms with Crippen molar-refractivity contribution < 1.29 is 4.74 Å². The van der Waals surface area contributed by atoms with E-state index in [1.54, 1.807) is 0 Å². The van der Waals surface area contributed by atoms with Gasteiger partial charge in [0.15, 0.2) is 5.96 Å². The van der Waals surface area contributed by atoms with Crippen molar-refractivity contribution in [2.75, 3.05) is 26.7 Å².